The van der Waals surface area contributed by atoms with E-state index in [1.54, 1.807) is 49.4 Å². The number of carboxylic acid groups (broad SMARTS) is 1. The van der Waals surface area contributed by atoms with Crippen molar-refractivity contribution in [3.8, 4) is 11.5 Å². The average Bonchev–Trinajstić information content (AvgIpc) is 2.65. The van der Waals surface area contributed by atoms with Gasteiger partial charge in [0, 0.05) is 23.5 Å². The fraction of sp³-hybridized carbons (Fsp3) is 0.286. The van der Waals surface area contributed by atoms with Crippen LogP contribution in [0, 0.1) is 0 Å². The van der Waals surface area contributed by atoms with Crippen LogP contribution in [0.15, 0.2) is 47.6 Å². The Bertz CT molecular complexity index is 873. The minimum Gasteiger partial charge on any atom is -0.550 e. The first-order chi connectivity index (χ1) is 13.3. The van der Waals surface area contributed by atoms with Gasteiger partial charge in [0.25, 0.3) is 5.91 Å². The van der Waals surface area contributed by atoms with Gasteiger partial charge in [-0.1, -0.05) is 0 Å². The number of benzene rings is 2. The summed E-state index contributed by atoms with van der Waals surface area (Å²) >= 11 is 0. The molecule has 0 bridgehead atoms. The fourth-order valence-corrected chi connectivity index (χ4v) is 2.52. The van der Waals surface area contributed by atoms with Crippen molar-refractivity contribution in [1.29, 1.82) is 0 Å². The smallest absolute Gasteiger partial charge is 0.271 e. The van der Waals surface area contributed by atoms with E-state index >= 15 is 0 Å². The summed E-state index contributed by atoms with van der Waals surface area (Å²) in [5.41, 5.74) is 4.60. The molecule has 0 saturated carbocycles. The number of hydrogen-bond acceptors (Lipinski definition) is 6. The Morgan fingerprint density at radius 1 is 1.11 bits per heavy atom. The van der Waals surface area contributed by atoms with Crippen molar-refractivity contribution < 1.29 is 24.2 Å². The van der Waals surface area contributed by atoms with Gasteiger partial charge in [0.05, 0.1) is 18.9 Å². The van der Waals surface area contributed by atoms with Gasteiger partial charge in [0.15, 0.2) is 0 Å². The van der Waals surface area contributed by atoms with Crippen molar-refractivity contribution in [3.05, 3.63) is 59.2 Å². The lowest BCUT2D eigenvalue weighted by Gasteiger charge is -2.11. The molecule has 28 heavy (non-hydrogen) atoms. The van der Waals surface area contributed by atoms with Gasteiger partial charge >= 0.3 is 0 Å². The van der Waals surface area contributed by atoms with Crippen LogP contribution in [-0.4, -0.2) is 30.8 Å². The zero-order valence-corrected chi connectivity index (χ0v) is 16.3. The van der Waals surface area contributed by atoms with Crippen LogP contribution in [0.4, 0.5) is 0 Å². The van der Waals surface area contributed by atoms with E-state index < -0.39 is 5.97 Å². The monoisotopic (exact) mass is 383 g/mol. The lowest BCUT2D eigenvalue weighted by molar-refractivity contribution is -0.304. The Morgan fingerprint density at radius 3 is 2.32 bits per heavy atom. The number of hydrazone groups is 1. The molecule has 0 aliphatic rings. The van der Waals surface area contributed by atoms with Gasteiger partial charge in [0.1, 0.15) is 11.5 Å². The van der Waals surface area contributed by atoms with Crippen molar-refractivity contribution in [1.82, 2.24) is 5.43 Å². The number of aliphatic carboxylic acids is 1. The number of carbonyl (C=O) groups is 2. The number of amides is 1. The molecule has 0 atom stereocenters. The van der Waals surface area contributed by atoms with Gasteiger partial charge in [-0.15, -0.1) is 0 Å². The van der Waals surface area contributed by atoms with Crippen LogP contribution < -0.4 is 20.0 Å². The van der Waals surface area contributed by atoms with E-state index in [4.69, 9.17) is 9.47 Å². The van der Waals surface area contributed by atoms with E-state index in [0.717, 1.165) is 0 Å². The number of rotatable bonds is 8. The number of nitrogens with one attached hydrogen (secondary N) is 1. The van der Waals surface area contributed by atoms with Gasteiger partial charge in [-0.3, -0.25) is 4.79 Å². The Kier molecular flexibility index (Phi) is 7.14. The highest BCUT2D eigenvalue weighted by atomic mass is 16.5. The standard InChI is InChI=1S/C21H24N2O5/c1-13(2)28-18-8-5-15(6-9-18)21(26)23-22-14(3)16-7-10-19(27-4)17(11-16)12-20(24)25/h5-11,13H,12H2,1-4H3,(H,23,26)(H,24,25)/p-1/b22-14-. The molecule has 1 amide bonds. The SMILES string of the molecule is COc1ccc(/C(C)=N\NC(=O)c2ccc(OC(C)C)cc2)cc1CC(=O)[O-]. The number of hydrogen-bond donors (Lipinski definition) is 1. The molecule has 2 aromatic rings. The van der Waals surface area contributed by atoms with E-state index in [1.807, 2.05) is 13.8 Å². The molecule has 0 saturated heterocycles. The molecular weight excluding hydrogens is 360 g/mol. The highest BCUT2D eigenvalue weighted by molar-refractivity contribution is 6.01. The van der Waals surface area contributed by atoms with Crippen LogP contribution in [0.3, 0.4) is 0 Å². The molecule has 0 aromatic heterocycles. The van der Waals surface area contributed by atoms with Gasteiger partial charge in [-0.05, 0) is 68.8 Å². The number of carbonyl (C=O) groups excluding carboxylic acids is 2. The Labute approximate surface area is 164 Å². The van der Waals surface area contributed by atoms with Crippen LogP contribution in [0.1, 0.15) is 42.3 Å². The summed E-state index contributed by atoms with van der Waals surface area (Å²) in [6.45, 7) is 5.57. The summed E-state index contributed by atoms with van der Waals surface area (Å²) in [6.07, 6.45) is -0.222. The summed E-state index contributed by atoms with van der Waals surface area (Å²) in [4.78, 5) is 23.2. The molecule has 0 fully saturated rings. The Balaban J connectivity index is 2.10. The van der Waals surface area contributed by atoms with Crippen molar-refractivity contribution in [3.63, 3.8) is 0 Å². The van der Waals surface area contributed by atoms with Gasteiger partial charge in [0.2, 0.25) is 0 Å². The van der Waals surface area contributed by atoms with Gasteiger partial charge in [-0.25, -0.2) is 5.43 Å². The van der Waals surface area contributed by atoms with Crippen molar-refractivity contribution in [2.24, 2.45) is 5.10 Å². The Morgan fingerprint density at radius 2 is 1.75 bits per heavy atom. The van der Waals surface area contributed by atoms with Crippen molar-refractivity contribution >= 4 is 17.6 Å². The quantitative estimate of drug-likeness (QED) is 0.555. The van der Waals surface area contributed by atoms with Gasteiger partial charge < -0.3 is 19.4 Å². The molecule has 0 spiro atoms. The molecular formula is C21H23N2O5-. The minimum atomic E-state index is -1.21. The normalized spacial score (nSPS) is 11.2. The number of nitrogens with zero attached hydrogens (tertiary/aromatic N) is 1. The summed E-state index contributed by atoms with van der Waals surface area (Å²) in [5, 5.41) is 15.0. The average molecular weight is 383 g/mol. The summed E-state index contributed by atoms with van der Waals surface area (Å²) in [7, 11) is 1.46. The largest absolute Gasteiger partial charge is 0.550 e. The maximum atomic E-state index is 12.3. The third-order valence-corrected chi connectivity index (χ3v) is 3.85. The fourth-order valence-electron chi connectivity index (χ4n) is 2.52. The van der Waals surface area contributed by atoms with Crippen LogP contribution in [-0.2, 0) is 11.2 Å². The lowest BCUT2D eigenvalue weighted by Crippen LogP contribution is -2.24. The first-order valence-corrected chi connectivity index (χ1v) is 8.78. The molecule has 1 N–H and O–H groups in total. The van der Waals surface area contributed by atoms with E-state index in [1.165, 1.54) is 7.11 Å². The maximum Gasteiger partial charge on any atom is 0.271 e. The maximum absolute atomic E-state index is 12.3. The number of carboxylic acids is 1. The summed E-state index contributed by atoms with van der Waals surface area (Å²) in [5.74, 6) is -0.430. The zero-order chi connectivity index (χ0) is 20.7. The zero-order valence-electron chi connectivity index (χ0n) is 16.3. The molecule has 0 aliphatic carbocycles. The molecule has 7 nitrogen and oxygen atoms in total. The molecule has 2 aromatic carbocycles. The predicted octanol–water partition coefficient (Wildman–Crippen LogP) is 1.93. The summed E-state index contributed by atoms with van der Waals surface area (Å²) in [6, 6.07) is 11.8. The molecule has 0 unspecified atom stereocenters. The molecule has 0 heterocycles. The number of ether oxygens (including phenoxy) is 2. The molecule has 0 radical (unpaired) electrons. The molecule has 0 aliphatic heterocycles. The highest BCUT2D eigenvalue weighted by Crippen LogP contribution is 2.21. The predicted molar refractivity (Wildman–Crippen MR) is 104 cm³/mol. The third kappa shape index (κ3) is 5.84. The van der Waals surface area contributed by atoms with Crippen LogP contribution >= 0.6 is 0 Å². The molecule has 148 valence electrons. The number of methoxy groups -OCH3 is 1. The topological polar surface area (TPSA) is 100 Å². The van der Waals surface area contributed by atoms with E-state index in [9.17, 15) is 14.7 Å². The Hall–Kier alpha value is -3.35. The van der Waals surface area contributed by atoms with Crippen LogP contribution in [0.5, 0.6) is 11.5 Å². The third-order valence-electron chi connectivity index (χ3n) is 3.85. The first-order valence-electron chi connectivity index (χ1n) is 8.78. The molecule has 7 heteroatoms. The van der Waals surface area contributed by atoms with E-state index in [2.05, 4.69) is 10.5 Å². The second-order valence-corrected chi connectivity index (χ2v) is 6.40. The van der Waals surface area contributed by atoms with Crippen molar-refractivity contribution in [2.75, 3.05) is 7.11 Å². The van der Waals surface area contributed by atoms with Crippen LogP contribution in [0.2, 0.25) is 0 Å². The van der Waals surface area contributed by atoms with E-state index in [-0.39, 0.29) is 18.4 Å². The molecule has 2 rings (SSSR count). The summed E-state index contributed by atoms with van der Waals surface area (Å²) < 4.78 is 10.7. The minimum absolute atomic E-state index is 0.0539. The van der Waals surface area contributed by atoms with E-state index in [0.29, 0.717) is 33.9 Å². The highest BCUT2D eigenvalue weighted by Gasteiger charge is 2.09. The first kappa shape index (κ1) is 21.0. The van der Waals surface area contributed by atoms with Crippen molar-refractivity contribution in [2.45, 2.75) is 33.3 Å². The lowest BCUT2D eigenvalue weighted by atomic mass is 10.0. The second-order valence-electron chi connectivity index (χ2n) is 6.40. The van der Waals surface area contributed by atoms with Crippen LogP contribution in [0.25, 0.3) is 0 Å². The van der Waals surface area contributed by atoms with Gasteiger partial charge in [-0.2, -0.15) is 5.10 Å². The second kappa shape index (κ2) is 9.55.